The molecule has 0 aliphatic carbocycles. The lowest BCUT2D eigenvalue weighted by atomic mass is 10.4. The van der Waals surface area contributed by atoms with Gasteiger partial charge in [-0.3, -0.25) is 4.79 Å². The van der Waals surface area contributed by atoms with Crippen LogP contribution in [0.5, 0.6) is 0 Å². The lowest BCUT2D eigenvalue weighted by Crippen LogP contribution is -2.30. The Balaban J connectivity index is 1.68. The van der Waals surface area contributed by atoms with Gasteiger partial charge < -0.3 is 10.2 Å². The first-order chi connectivity index (χ1) is 9.24. The summed E-state index contributed by atoms with van der Waals surface area (Å²) in [5.74, 6) is 1.18. The highest BCUT2D eigenvalue weighted by atomic mass is 16.2. The Kier molecular flexibility index (Phi) is 3.06. The minimum absolute atomic E-state index is 0.261. The molecule has 6 heteroatoms. The maximum atomic E-state index is 11.5. The van der Waals surface area contributed by atoms with Gasteiger partial charge in [0.25, 0.3) is 0 Å². The number of likely N-dealkylation sites (tertiary alicyclic amines) is 1. The molecule has 1 saturated heterocycles. The first kappa shape index (κ1) is 12.0. The molecule has 0 spiro atoms. The van der Waals surface area contributed by atoms with Crippen molar-refractivity contribution in [1.82, 2.24) is 19.5 Å². The number of aromatic nitrogens is 3. The van der Waals surface area contributed by atoms with Gasteiger partial charge >= 0.3 is 0 Å². The van der Waals surface area contributed by atoms with E-state index in [2.05, 4.69) is 15.4 Å². The van der Waals surface area contributed by atoms with Crippen LogP contribution in [0.3, 0.4) is 0 Å². The number of fused-ring (bicyclic) bond motifs is 1. The molecule has 6 nitrogen and oxygen atoms in total. The van der Waals surface area contributed by atoms with Crippen LogP contribution in [0.1, 0.15) is 18.5 Å². The largest absolute Gasteiger partial charge is 0.368 e. The Bertz CT molecular complexity index is 606. The molecule has 2 aromatic rings. The molecule has 1 aliphatic rings. The highest BCUT2D eigenvalue weighted by Crippen LogP contribution is 2.12. The smallest absolute Gasteiger partial charge is 0.222 e. The van der Waals surface area contributed by atoms with Crippen molar-refractivity contribution in [2.75, 3.05) is 25.0 Å². The Morgan fingerprint density at radius 3 is 3.16 bits per heavy atom. The molecule has 100 valence electrons. The topological polar surface area (TPSA) is 62.5 Å². The molecule has 1 aliphatic heterocycles. The molecule has 0 aromatic carbocycles. The number of amides is 1. The van der Waals surface area contributed by atoms with Crippen molar-refractivity contribution in [2.24, 2.45) is 0 Å². The van der Waals surface area contributed by atoms with Gasteiger partial charge in [0.05, 0.1) is 6.20 Å². The van der Waals surface area contributed by atoms with Crippen molar-refractivity contribution in [3.8, 4) is 0 Å². The van der Waals surface area contributed by atoms with Gasteiger partial charge in [-0.2, -0.15) is 9.61 Å². The van der Waals surface area contributed by atoms with Crippen LogP contribution in [-0.2, 0) is 4.79 Å². The van der Waals surface area contributed by atoms with Crippen molar-refractivity contribution in [1.29, 1.82) is 0 Å². The van der Waals surface area contributed by atoms with Gasteiger partial charge in [0.1, 0.15) is 5.82 Å². The SMILES string of the molecule is Cc1cc(NCCN2CCCC2=O)n2nccc2n1. The maximum Gasteiger partial charge on any atom is 0.222 e. The van der Waals surface area contributed by atoms with Crippen LogP contribution >= 0.6 is 0 Å². The van der Waals surface area contributed by atoms with Crippen LogP contribution in [0, 0.1) is 6.92 Å². The Morgan fingerprint density at radius 2 is 2.37 bits per heavy atom. The van der Waals surface area contributed by atoms with E-state index in [0.717, 1.165) is 43.2 Å². The molecular formula is C13H17N5O. The van der Waals surface area contributed by atoms with Gasteiger partial charge in [-0.05, 0) is 13.3 Å². The Labute approximate surface area is 111 Å². The minimum Gasteiger partial charge on any atom is -0.368 e. The number of hydrogen-bond acceptors (Lipinski definition) is 4. The summed E-state index contributed by atoms with van der Waals surface area (Å²) in [6.07, 6.45) is 3.41. The summed E-state index contributed by atoms with van der Waals surface area (Å²) in [5, 5.41) is 7.56. The van der Waals surface area contributed by atoms with Crippen molar-refractivity contribution < 1.29 is 4.79 Å². The summed E-state index contributed by atoms with van der Waals surface area (Å²) in [6, 6.07) is 3.84. The monoisotopic (exact) mass is 259 g/mol. The highest BCUT2D eigenvalue weighted by molar-refractivity contribution is 5.78. The second kappa shape index (κ2) is 4.87. The number of nitrogens with zero attached hydrogens (tertiary/aromatic N) is 4. The number of rotatable bonds is 4. The summed E-state index contributed by atoms with van der Waals surface area (Å²) in [6.45, 7) is 4.31. The molecule has 0 saturated carbocycles. The second-order valence-corrected chi connectivity index (χ2v) is 4.80. The van der Waals surface area contributed by atoms with E-state index in [-0.39, 0.29) is 5.91 Å². The highest BCUT2D eigenvalue weighted by Gasteiger charge is 2.19. The van der Waals surface area contributed by atoms with E-state index in [9.17, 15) is 4.79 Å². The van der Waals surface area contributed by atoms with Crippen LogP contribution in [0.15, 0.2) is 18.3 Å². The van der Waals surface area contributed by atoms with Gasteiger partial charge in [-0.25, -0.2) is 4.98 Å². The van der Waals surface area contributed by atoms with Gasteiger partial charge in [0.15, 0.2) is 5.65 Å². The first-order valence-electron chi connectivity index (χ1n) is 6.57. The number of carbonyl (C=O) groups is 1. The Morgan fingerprint density at radius 1 is 1.47 bits per heavy atom. The summed E-state index contributed by atoms with van der Waals surface area (Å²) < 4.78 is 1.78. The van der Waals surface area contributed by atoms with E-state index in [1.165, 1.54) is 0 Å². The van der Waals surface area contributed by atoms with E-state index in [0.29, 0.717) is 6.42 Å². The van der Waals surface area contributed by atoms with Crippen molar-refractivity contribution >= 4 is 17.4 Å². The number of carbonyl (C=O) groups excluding carboxylic acids is 1. The molecule has 0 bridgehead atoms. The van der Waals surface area contributed by atoms with E-state index in [1.807, 2.05) is 24.0 Å². The summed E-state index contributed by atoms with van der Waals surface area (Å²) >= 11 is 0. The van der Waals surface area contributed by atoms with Gasteiger partial charge in [0.2, 0.25) is 5.91 Å². The lowest BCUT2D eigenvalue weighted by molar-refractivity contribution is -0.127. The molecule has 3 heterocycles. The van der Waals surface area contributed by atoms with E-state index in [4.69, 9.17) is 0 Å². The van der Waals surface area contributed by atoms with Gasteiger partial charge in [0, 0.05) is 43.9 Å². The average Bonchev–Trinajstić information content (AvgIpc) is 2.98. The third kappa shape index (κ3) is 2.38. The molecule has 3 rings (SSSR count). The minimum atomic E-state index is 0.261. The molecule has 0 radical (unpaired) electrons. The number of nitrogens with one attached hydrogen (secondary N) is 1. The van der Waals surface area contributed by atoms with E-state index >= 15 is 0 Å². The quantitative estimate of drug-likeness (QED) is 0.892. The fraction of sp³-hybridized carbons (Fsp3) is 0.462. The molecule has 1 fully saturated rings. The number of aryl methyl sites for hydroxylation is 1. The third-order valence-corrected chi connectivity index (χ3v) is 3.35. The van der Waals surface area contributed by atoms with Crippen LogP contribution < -0.4 is 5.32 Å². The van der Waals surface area contributed by atoms with Gasteiger partial charge in [-0.1, -0.05) is 0 Å². The lowest BCUT2D eigenvalue weighted by Gasteiger charge is -2.16. The van der Waals surface area contributed by atoms with Crippen molar-refractivity contribution in [3.63, 3.8) is 0 Å². The van der Waals surface area contributed by atoms with Crippen molar-refractivity contribution in [3.05, 3.63) is 24.0 Å². The zero-order valence-corrected chi connectivity index (χ0v) is 11.0. The molecular weight excluding hydrogens is 242 g/mol. The van der Waals surface area contributed by atoms with E-state index < -0.39 is 0 Å². The molecule has 1 N–H and O–H groups in total. The fourth-order valence-corrected chi connectivity index (χ4v) is 2.42. The molecule has 1 amide bonds. The maximum absolute atomic E-state index is 11.5. The average molecular weight is 259 g/mol. The normalized spacial score (nSPS) is 15.4. The third-order valence-electron chi connectivity index (χ3n) is 3.35. The number of anilines is 1. The van der Waals surface area contributed by atoms with Crippen LogP contribution in [0.25, 0.3) is 5.65 Å². The zero-order chi connectivity index (χ0) is 13.2. The predicted molar refractivity (Wildman–Crippen MR) is 72.0 cm³/mol. The molecule has 0 unspecified atom stereocenters. The summed E-state index contributed by atoms with van der Waals surface area (Å²) in [7, 11) is 0. The molecule has 19 heavy (non-hydrogen) atoms. The standard InChI is InChI=1S/C13H17N5O/c1-10-9-12(18-11(16-10)4-5-15-18)14-6-8-17-7-2-3-13(17)19/h4-5,9,14H,2-3,6-8H2,1H3. The van der Waals surface area contributed by atoms with Crippen molar-refractivity contribution in [2.45, 2.75) is 19.8 Å². The van der Waals surface area contributed by atoms with E-state index in [1.54, 1.807) is 10.7 Å². The fourth-order valence-electron chi connectivity index (χ4n) is 2.42. The summed E-state index contributed by atoms with van der Waals surface area (Å²) in [5.41, 5.74) is 1.78. The Hall–Kier alpha value is -2.11. The first-order valence-corrected chi connectivity index (χ1v) is 6.57. The summed E-state index contributed by atoms with van der Waals surface area (Å²) in [4.78, 5) is 17.8. The number of hydrogen-bond donors (Lipinski definition) is 1. The zero-order valence-electron chi connectivity index (χ0n) is 11.0. The van der Waals surface area contributed by atoms with Crippen LogP contribution in [-0.4, -0.2) is 45.0 Å². The second-order valence-electron chi connectivity index (χ2n) is 4.80. The molecule has 0 atom stereocenters. The molecule has 2 aromatic heterocycles. The van der Waals surface area contributed by atoms with Gasteiger partial charge in [-0.15, -0.1) is 0 Å². The van der Waals surface area contributed by atoms with Crippen LogP contribution in [0.2, 0.25) is 0 Å². The van der Waals surface area contributed by atoms with Crippen LogP contribution in [0.4, 0.5) is 5.82 Å². The predicted octanol–water partition coefficient (Wildman–Crippen LogP) is 1.07.